The van der Waals surface area contributed by atoms with E-state index in [-0.39, 0.29) is 6.04 Å². The van der Waals surface area contributed by atoms with Gasteiger partial charge in [0.25, 0.3) is 0 Å². The van der Waals surface area contributed by atoms with Gasteiger partial charge in [0, 0.05) is 24.2 Å². The van der Waals surface area contributed by atoms with Crippen LogP contribution in [0.4, 0.5) is 0 Å². The van der Waals surface area contributed by atoms with Gasteiger partial charge in [0.2, 0.25) is 0 Å². The van der Waals surface area contributed by atoms with Crippen LogP contribution in [0.1, 0.15) is 31.1 Å². The van der Waals surface area contributed by atoms with E-state index < -0.39 is 0 Å². The summed E-state index contributed by atoms with van der Waals surface area (Å²) in [6.45, 7) is 4.22. The Morgan fingerprint density at radius 2 is 2.13 bits per heavy atom. The molecular weight excluding hydrogens is 184 g/mol. The molecule has 2 aromatic rings. The van der Waals surface area contributed by atoms with Crippen LogP contribution < -0.4 is 5.73 Å². The maximum Gasteiger partial charge on any atom is 0.0512 e. The highest BCUT2D eigenvalue weighted by Gasteiger charge is 2.10. The van der Waals surface area contributed by atoms with Gasteiger partial charge in [-0.1, -0.05) is 25.1 Å². The fourth-order valence-electron chi connectivity index (χ4n) is 2.24. The molecule has 2 N–H and O–H groups in total. The van der Waals surface area contributed by atoms with Crippen molar-refractivity contribution in [2.45, 2.75) is 26.3 Å². The smallest absolute Gasteiger partial charge is 0.0512 e. The van der Waals surface area contributed by atoms with Crippen LogP contribution in [0.3, 0.4) is 0 Å². The zero-order valence-corrected chi connectivity index (χ0v) is 9.62. The van der Waals surface area contributed by atoms with Gasteiger partial charge in [0.1, 0.15) is 0 Å². The van der Waals surface area contributed by atoms with Crippen molar-refractivity contribution in [2.24, 2.45) is 12.8 Å². The molecule has 0 aliphatic carbocycles. The molecule has 0 fully saturated rings. The number of aryl methyl sites for hydroxylation is 2. The monoisotopic (exact) mass is 202 g/mol. The molecule has 2 heteroatoms. The topological polar surface area (TPSA) is 30.9 Å². The van der Waals surface area contributed by atoms with Crippen molar-refractivity contribution in [3.05, 3.63) is 35.5 Å². The number of aromatic nitrogens is 1. The summed E-state index contributed by atoms with van der Waals surface area (Å²) in [7, 11) is 2.10. The Balaban J connectivity index is 2.77. The molecule has 0 saturated heterocycles. The molecule has 1 aromatic carbocycles. The molecule has 0 radical (unpaired) electrons. The van der Waals surface area contributed by atoms with E-state index in [4.69, 9.17) is 5.73 Å². The number of fused-ring (bicyclic) bond motifs is 1. The van der Waals surface area contributed by atoms with E-state index in [0.29, 0.717) is 0 Å². The molecule has 0 amide bonds. The maximum atomic E-state index is 5.95. The molecule has 0 aliphatic heterocycles. The van der Waals surface area contributed by atoms with Gasteiger partial charge in [-0.25, -0.2) is 0 Å². The van der Waals surface area contributed by atoms with Crippen molar-refractivity contribution in [3.8, 4) is 0 Å². The Kier molecular flexibility index (Phi) is 2.53. The number of hydrogen-bond donors (Lipinski definition) is 1. The lowest BCUT2D eigenvalue weighted by atomic mass is 10.1. The summed E-state index contributed by atoms with van der Waals surface area (Å²) in [6.07, 6.45) is 1.06. The van der Waals surface area contributed by atoms with Crippen LogP contribution in [0.5, 0.6) is 0 Å². The molecule has 0 saturated carbocycles. The van der Waals surface area contributed by atoms with E-state index >= 15 is 0 Å². The Labute approximate surface area is 90.7 Å². The first kappa shape index (κ1) is 10.2. The molecule has 1 aromatic heterocycles. The highest BCUT2D eigenvalue weighted by molar-refractivity contribution is 5.84. The number of hydrogen-bond acceptors (Lipinski definition) is 1. The summed E-state index contributed by atoms with van der Waals surface area (Å²) < 4.78 is 2.22. The maximum absolute atomic E-state index is 5.95. The number of nitrogens with two attached hydrogens (primary N) is 1. The van der Waals surface area contributed by atoms with E-state index in [1.165, 1.54) is 22.2 Å². The fourth-order valence-corrected chi connectivity index (χ4v) is 2.24. The van der Waals surface area contributed by atoms with Crippen LogP contribution in [0.15, 0.2) is 24.3 Å². The molecule has 2 nitrogen and oxygen atoms in total. The molecule has 0 aliphatic rings. The minimum atomic E-state index is 0.0899. The molecule has 1 atom stereocenters. The lowest BCUT2D eigenvalue weighted by Gasteiger charge is -2.09. The third kappa shape index (κ3) is 1.55. The normalized spacial score (nSPS) is 13.3. The molecule has 1 heterocycles. The van der Waals surface area contributed by atoms with Crippen LogP contribution >= 0.6 is 0 Å². The first-order chi connectivity index (χ1) is 7.15. The van der Waals surface area contributed by atoms with Crippen molar-refractivity contribution >= 4 is 10.9 Å². The summed E-state index contributed by atoms with van der Waals surface area (Å²) in [5.41, 5.74) is 9.87. The average molecular weight is 202 g/mol. The number of rotatable bonds is 2. The predicted octanol–water partition coefficient (Wildman–Crippen LogP) is 2.76. The zero-order valence-electron chi connectivity index (χ0n) is 9.62. The summed E-state index contributed by atoms with van der Waals surface area (Å²) in [4.78, 5) is 0. The second-order valence-corrected chi connectivity index (χ2v) is 4.13. The summed E-state index contributed by atoms with van der Waals surface area (Å²) >= 11 is 0. The molecular formula is C13H18N2. The zero-order chi connectivity index (χ0) is 11.0. The number of para-hydroxylation sites is 1. The van der Waals surface area contributed by atoms with Gasteiger partial charge in [-0.05, 0) is 25.0 Å². The van der Waals surface area contributed by atoms with Crippen LogP contribution in [-0.2, 0) is 13.5 Å². The van der Waals surface area contributed by atoms with Gasteiger partial charge in [0.15, 0.2) is 0 Å². The van der Waals surface area contributed by atoms with Crippen molar-refractivity contribution in [3.63, 3.8) is 0 Å². The van der Waals surface area contributed by atoms with Crippen LogP contribution in [0.2, 0.25) is 0 Å². The van der Waals surface area contributed by atoms with Crippen molar-refractivity contribution in [2.75, 3.05) is 0 Å². The molecule has 1 unspecified atom stereocenters. The Hall–Kier alpha value is -1.28. The lowest BCUT2D eigenvalue weighted by Crippen LogP contribution is -2.09. The third-order valence-electron chi connectivity index (χ3n) is 3.02. The highest BCUT2D eigenvalue weighted by Crippen LogP contribution is 2.25. The van der Waals surface area contributed by atoms with E-state index in [9.17, 15) is 0 Å². The van der Waals surface area contributed by atoms with Crippen LogP contribution in [-0.4, -0.2) is 4.57 Å². The Morgan fingerprint density at radius 1 is 1.40 bits per heavy atom. The molecule has 80 valence electrons. The van der Waals surface area contributed by atoms with Crippen LogP contribution in [0.25, 0.3) is 10.9 Å². The van der Waals surface area contributed by atoms with Crippen molar-refractivity contribution in [1.82, 2.24) is 4.57 Å². The van der Waals surface area contributed by atoms with Gasteiger partial charge < -0.3 is 10.3 Å². The highest BCUT2D eigenvalue weighted by atomic mass is 15.0. The largest absolute Gasteiger partial charge is 0.346 e. The average Bonchev–Trinajstić information content (AvgIpc) is 2.56. The summed E-state index contributed by atoms with van der Waals surface area (Å²) in [5.74, 6) is 0. The van der Waals surface area contributed by atoms with Crippen molar-refractivity contribution < 1.29 is 0 Å². The standard InChI is InChI=1S/C13H18N2/c1-4-10-6-5-7-11-8-12(9(2)14)15(3)13(10)11/h5-9H,4,14H2,1-3H3. The Bertz CT molecular complexity index is 480. The molecule has 0 bridgehead atoms. The molecule has 0 spiro atoms. The van der Waals surface area contributed by atoms with Gasteiger partial charge in [-0.2, -0.15) is 0 Å². The van der Waals surface area contributed by atoms with E-state index in [0.717, 1.165) is 6.42 Å². The van der Waals surface area contributed by atoms with E-state index in [2.05, 4.69) is 42.8 Å². The van der Waals surface area contributed by atoms with Crippen LogP contribution in [0, 0.1) is 0 Å². The lowest BCUT2D eigenvalue weighted by molar-refractivity contribution is 0.725. The van der Waals surface area contributed by atoms with Gasteiger partial charge in [-0.15, -0.1) is 0 Å². The van der Waals surface area contributed by atoms with E-state index in [1.807, 2.05) is 6.92 Å². The fraction of sp³-hybridized carbons (Fsp3) is 0.385. The summed E-state index contributed by atoms with van der Waals surface area (Å²) in [6, 6.07) is 8.74. The number of benzene rings is 1. The quantitative estimate of drug-likeness (QED) is 0.797. The van der Waals surface area contributed by atoms with Gasteiger partial charge in [-0.3, -0.25) is 0 Å². The van der Waals surface area contributed by atoms with Gasteiger partial charge >= 0.3 is 0 Å². The minimum Gasteiger partial charge on any atom is -0.346 e. The SMILES string of the molecule is CCc1cccc2cc(C(C)N)n(C)c12. The third-order valence-corrected chi connectivity index (χ3v) is 3.02. The van der Waals surface area contributed by atoms with Gasteiger partial charge in [0.05, 0.1) is 5.52 Å². The first-order valence-electron chi connectivity index (χ1n) is 5.48. The minimum absolute atomic E-state index is 0.0899. The Morgan fingerprint density at radius 3 is 2.73 bits per heavy atom. The number of nitrogens with zero attached hydrogens (tertiary/aromatic N) is 1. The molecule has 15 heavy (non-hydrogen) atoms. The second kappa shape index (κ2) is 3.70. The second-order valence-electron chi connectivity index (χ2n) is 4.13. The van der Waals surface area contributed by atoms with Crippen molar-refractivity contribution in [1.29, 1.82) is 0 Å². The first-order valence-corrected chi connectivity index (χ1v) is 5.48. The van der Waals surface area contributed by atoms with E-state index in [1.54, 1.807) is 0 Å². The summed E-state index contributed by atoms with van der Waals surface area (Å²) in [5, 5.41) is 1.30. The predicted molar refractivity (Wildman–Crippen MR) is 64.9 cm³/mol. The molecule has 2 rings (SSSR count).